The molecule has 3 rings (SSSR count). The molecule has 0 aliphatic carbocycles. The molecule has 5 nitrogen and oxygen atoms in total. The van der Waals surface area contributed by atoms with Crippen LogP contribution in [0.1, 0.15) is 5.89 Å². The minimum Gasteiger partial charge on any atom is -0.494 e. The first-order valence-corrected chi connectivity index (χ1v) is 7.57. The van der Waals surface area contributed by atoms with Gasteiger partial charge < -0.3 is 14.1 Å². The molecule has 1 heterocycles. The van der Waals surface area contributed by atoms with Crippen LogP contribution in [0.25, 0.3) is 11.5 Å². The summed E-state index contributed by atoms with van der Waals surface area (Å²) < 4.78 is 24.4. The second-order valence-electron chi connectivity index (χ2n) is 5.19. The fraction of sp³-hybridized carbons (Fsp3) is 0.176. The Morgan fingerprint density at radius 1 is 1.21 bits per heavy atom. The van der Waals surface area contributed by atoms with Crippen molar-refractivity contribution in [2.75, 3.05) is 19.1 Å². The molecule has 0 aliphatic heterocycles. The number of methoxy groups -OCH3 is 1. The Balaban J connectivity index is 1.75. The van der Waals surface area contributed by atoms with Gasteiger partial charge in [-0.25, -0.2) is 4.39 Å². The monoisotopic (exact) mass is 347 g/mol. The van der Waals surface area contributed by atoms with Crippen molar-refractivity contribution in [3.63, 3.8) is 0 Å². The maximum Gasteiger partial charge on any atom is 0.247 e. The van der Waals surface area contributed by atoms with E-state index >= 15 is 0 Å². The summed E-state index contributed by atoms with van der Waals surface area (Å²) in [6.07, 6.45) is 0. The first-order valence-electron chi connectivity index (χ1n) is 7.20. The molecular weight excluding hydrogens is 333 g/mol. The molecule has 0 saturated heterocycles. The lowest BCUT2D eigenvalue weighted by Gasteiger charge is -2.17. The molecule has 0 N–H and O–H groups in total. The van der Waals surface area contributed by atoms with Crippen LogP contribution in [0, 0.1) is 5.82 Å². The Morgan fingerprint density at radius 2 is 2.04 bits per heavy atom. The van der Waals surface area contributed by atoms with Gasteiger partial charge in [0.05, 0.1) is 13.7 Å². The van der Waals surface area contributed by atoms with E-state index in [0.717, 1.165) is 5.56 Å². The molecule has 3 aromatic rings. The van der Waals surface area contributed by atoms with Gasteiger partial charge in [0.1, 0.15) is 0 Å². The summed E-state index contributed by atoms with van der Waals surface area (Å²) in [5, 5.41) is 8.64. The van der Waals surface area contributed by atoms with E-state index in [1.807, 2.05) is 19.2 Å². The molecule has 0 spiro atoms. The van der Waals surface area contributed by atoms with Gasteiger partial charge in [-0.05, 0) is 30.3 Å². The molecule has 0 atom stereocenters. The quantitative estimate of drug-likeness (QED) is 0.693. The van der Waals surface area contributed by atoms with E-state index in [4.69, 9.17) is 20.8 Å². The highest BCUT2D eigenvalue weighted by Gasteiger charge is 2.13. The highest BCUT2D eigenvalue weighted by Crippen LogP contribution is 2.25. The van der Waals surface area contributed by atoms with Crippen molar-refractivity contribution in [3.05, 3.63) is 59.2 Å². The van der Waals surface area contributed by atoms with Gasteiger partial charge >= 0.3 is 0 Å². The minimum absolute atomic E-state index is 0.202. The third-order valence-corrected chi connectivity index (χ3v) is 3.72. The smallest absolute Gasteiger partial charge is 0.247 e. The predicted octanol–water partition coefficient (Wildman–Crippen LogP) is 4.17. The summed E-state index contributed by atoms with van der Waals surface area (Å²) in [6, 6.07) is 11.9. The van der Waals surface area contributed by atoms with Crippen LogP contribution in [0.2, 0.25) is 5.02 Å². The lowest BCUT2D eigenvalue weighted by atomic mass is 10.2. The first kappa shape index (κ1) is 16.3. The molecule has 24 heavy (non-hydrogen) atoms. The maximum absolute atomic E-state index is 13.8. The summed E-state index contributed by atoms with van der Waals surface area (Å²) >= 11 is 5.96. The van der Waals surface area contributed by atoms with Gasteiger partial charge in [-0.2, -0.15) is 0 Å². The van der Waals surface area contributed by atoms with Crippen molar-refractivity contribution in [2.45, 2.75) is 6.54 Å². The molecule has 0 fully saturated rings. The van der Waals surface area contributed by atoms with Crippen LogP contribution >= 0.6 is 11.6 Å². The third-order valence-electron chi connectivity index (χ3n) is 3.49. The Labute approximate surface area is 143 Å². The number of nitrogens with zero attached hydrogens (tertiary/aromatic N) is 3. The summed E-state index contributed by atoms with van der Waals surface area (Å²) in [5.41, 5.74) is 1.43. The fourth-order valence-electron chi connectivity index (χ4n) is 2.24. The van der Waals surface area contributed by atoms with Crippen molar-refractivity contribution in [1.82, 2.24) is 10.2 Å². The molecule has 1 aromatic heterocycles. The van der Waals surface area contributed by atoms with E-state index in [1.54, 1.807) is 29.2 Å². The number of ether oxygens (including phenoxy) is 1. The summed E-state index contributed by atoms with van der Waals surface area (Å²) in [5.74, 6) is 0.589. The number of anilines is 1. The molecule has 0 saturated carbocycles. The number of rotatable bonds is 5. The predicted molar refractivity (Wildman–Crippen MR) is 89.8 cm³/mol. The minimum atomic E-state index is -0.424. The molecule has 0 unspecified atom stereocenters. The topological polar surface area (TPSA) is 51.4 Å². The second-order valence-corrected chi connectivity index (χ2v) is 5.62. The van der Waals surface area contributed by atoms with E-state index in [0.29, 0.717) is 29.0 Å². The SMILES string of the molecule is COc1ccc(N(C)Cc2nnc(-c3cccc(Cl)c3)o2)cc1F. The van der Waals surface area contributed by atoms with Crippen LogP contribution in [0.15, 0.2) is 46.9 Å². The first-order chi connectivity index (χ1) is 11.6. The zero-order chi connectivity index (χ0) is 17.1. The van der Waals surface area contributed by atoms with E-state index in [2.05, 4.69) is 10.2 Å². The Morgan fingerprint density at radius 3 is 2.75 bits per heavy atom. The number of benzene rings is 2. The van der Waals surface area contributed by atoms with E-state index in [-0.39, 0.29) is 5.75 Å². The fourth-order valence-corrected chi connectivity index (χ4v) is 2.43. The van der Waals surface area contributed by atoms with Crippen LogP contribution in [0.3, 0.4) is 0 Å². The number of aromatic nitrogens is 2. The van der Waals surface area contributed by atoms with Gasteiger partial charge in [-0.3, -0.25) is 0 Å². The van der Waals surface area contributed by atoms with Crippen molar-refractivity contribution in [3.8, 4) is 17.2 Å². The highest BCUT2D eigenvalue weighted by molar-refractivity contribution is 6.30. The normalized spacial score (nSPS) is 10.7. The van der Waals surface area contributed by atoms with E-state index in [1.165, 1.54) is 13.2 Å². The summed E-state index contributed by atoms with van der Waals surface area (Å²) in [6.45, 7) is 0.347. The molecule has 0 radical (unpaired) electrons. The molecule has 7 heteroatoms. The second kappa shape index (κ2) is 6.88. The Hall–Kier alpha value is -2.60. The van der Waals surface area contributed by atoms with Crippen molar-refractivity contribution in [1.29, 1.82) is 0 Å². The molecule has 0 aliphatic rings. The largest absolute Gasteiger partial charge is 0.494 e. The number of halogens is 2. The third kappa shape index (κ3) is 3.49. The van der Waals surface area contributed by atoms with Crippen LogP contribution in [0.5, 0.6) is 5.75 Å². The highest BCUT2D eigenvalue weighted by atomic mass is 35.5. The van der Waals surface area contributed by atoms with Crippen LogP contribution in [-0.2, 0) is 6.54 Å². The van der Waals surface area contributed by atoms with Crippen molar-refractivity contribution in [2.24, 2.45) is 0 Å². The molecule has 0 bridgehead atoms. The average Bonchev–Trinajstić information content (AvgIpc) is 3.03. The van der Waals surface area contributed by atoms with Crippen molar-refractivity contribution >= 4 is 17.3 Å². The van der Waals surface area contributed by atoms with Crippen LogP contribution in [-0.4, -0.2) is 24.4 Å². The Kier molecular flexibility index (Phi) is 4.66. The van der Waals surface area contributed by atoms with Crippen LogP contribution in [0.4, 0.5) is 10.1 Å². The average molecular weight is 348 g/mol. The Bertz CT molecular complexity index is 853. The molecule has 0 amide bonds. The van der Waals surface area contributed by atoms with E-state index in [9.17, 15) is 4.39 Å². The van der Waals surface area contributed by atoms with Gasteiger partial charge in [0.25, 0.3) is 0 Å². The zero-order valence-corrected chi connectivity index (χ0v) is 13.9. The summed E-state index contributed by atoms with van der Waals surface area (Å²) in [4.78, 5) is 1.80. The molecular formula is C17H15ClFN3O2. The lowest BCUT2D eigenvalue weighted by Crippen LogP contribution is -2.16. The molecule has 124 valence electrons. The van der Waals surface area contributed by atoms with Gasteiger partial charge in [-0.1, -0.05) is 17.7 Å². The van der Waals surface area contributed by atoms with E-state index < -0.39 is 5.82 Å². The molecule has 2 aromatic carbocycles. The van der Waals surface area contributed by atoms with Gasteiger partial charge in [0.15, 0.2) is 11.6 Å². The van der Waals surface area contributed by atoms with Crippen molar-refractivity contribution < 1.29 is 13.5 Å². The number of hydrogen-bond donors (Lipinski definition) is 0. The zero-order valence-electron chi connectivity index (χ0n) is 13.2. The number of hydrogen-bond acceptors (Lipinski definition) is 5. The summed E-state index contributed by atoms with van der Waals surface area (Å²) in [7, 11) is 3.24. The van der Waals surface area contributed by atoms with Crippen LogP contribution < -0.4 is 9.64 Å². The van der Waals surface area contributed by atoms with Gasteiger partial charge in [0.2, 0.25) is 11.8 Å². The van der Waals surface area contributed by atoms with Gasteiger partial charge in [0, 0.05) is 29.4 Å². The van der Waals surface area contributed by atoms with Gasteiger partial charge in [-0.15, -0.1) is 10.2 Å². The standard InChI is InChI=1S/C17H15ClFN3O2/c1-22(13-6-7-15(23-2)14(19)9-13)10-16-20-21-17(24-16)11-4-3-5-12(18)8-11/h3-9H,10H2,1-2H3. The lowest BCUT2D eigenvalue weighted by molar-refractivity contribution is 0.386. The maximum atomic E-state index is 13.8.